The summed E-state index contributed by atoms with van der Waals surface area (Å²) in [4.78, 5) is 2.46. The van der Waals surface area contributed by atoms with Gasteiger partial charge in [0, 0.05) is 24.7 Å². The standard InChI is InChI=1S/C17H26ClN/c1-4-14-6-8-16(9-7-14)19(3)17-10-5-13(2)11-15(17)12-18/h5,10-11,14,16H,4,6-9,12H2,1-3H3. The Hall–Kier alpha value is -0.690. The minimum Gasteiger partial charge on any atom is -0.371 e. The average Bonchev–Trinajstić information content (AvgIpc) is 2.46. The molecule has 1 aromatic rings. The van der Waals surface area contributed by atoms with Crippen LogP contribution in [0.2, 0.25) is 0 Å². The molecule has 2 heteroatoms. The molecule has 1 aliphatic carbocycles. The summed E-state index contributed by atoms with van der Waals surface area (Å²) in [6, 6.07) is 7.34. The van der Waals surface area contributed by atoms with Crippen LogP contribution in [-0.2, 0) is 5.88 Å². The Bertz CT molecular complexity index is 408. The molecule has 0 heterocycles. The molecule has 0 bridgehead atoms. The summed E-state index contributed by atoms with van der Waals surface area (Å²) in [5, 5.41) is 0. The van der Waals surface area contributed by atoms with Crippen molar-refractivity contribution in [3.8, 4) is 0 Å². The number of rotatable bonds is 4. The third kappa shape index (κ3) is 3.45. The number of alkyl halides is 1. The van der Waals surface area contributed by atoms with Crippen LogP contribution in [0.5, 0.6) is 0 Å². The summed E-state index contributed by atoms with van der Waals surface area (Å²) in [5.74, 6) is 1.56. The van der Waals surface area contributed by atoms with E-state index in [1.54, 1.807) is 0 Å². The van der Waals surface area contributed by atoms with E-state index in [4.69, 9.17) is 11.6 Å². The van der Waals surface area contributed by atoms with Gasteiger partial charge in [-0.15, -0.1) is 11.6 Å². The van der Waals surface area contributed by atoms with E-state index in [0.29, 0.717) is 11.9 Å². The van der Waals surface area contributed by atoms with Gasteiger partial charge in [-0.05, 0) is 50.2 Å². The van der Waals surface area contributed by atoms with E-state index < -0.39 is 0 Å². The van der Waals surface area contributed by atoms with Gasteiger partial charge in [0.25, 0.3) is 0 Å². The van der Waals surface area contributed by atoms with Crippen LogP contribution in [0.15, 0.2) is 18.2 Å². The van der Waals surface area contributed by atoms with E-state index in [1.807, 2.05) is 0 Å². The summed E-state index contributed by atoms with van der Waals surface area (Å²) in [5.41, 5.74) is 3.88. The van der Waals surface area contributed by atoms with E-state index in [1.165, 1.54) is 48.9 Å². The van der Waals surface area contributed by atoms with Crippen LogP contribution >= 0.6 is 11.6 Å². The SMILES string of the molecule is CCC1CCC(N(C)c2ccc(C)cc2CCl)CC1. The van der Waals surface area contributed by atoms with Gasteiger partial charge in [0.15, 0.2) is 0 Å². The maximum Gasteiger partial charge on any atom is 0.0494 e. The fourth-order valence-corrected chi connectivity index (χ4v) is 3.52. The van der Waals surface area contributed by atoms with Crippen molar-refractivity contribution in [3.63, 3.8) is 0 Å². The lowest BCUT2D eigenvalue weighted by molar-refractivity contribution is 0.313. The normalized spacial score (nSPS) is 23.4. The van der Waals surface area contributed by atoms with Crippen molar-refractivity contribution in [2.75, 3.05) is 11.9 Å². The lowest BCUT2D eigenvalue weighted by Crippen LogP contribution is -2.35. The second-order valence-corrected chi connectivity index (χ2v) is 6.23. The quantitative estimate of drug-likeness (QED) is 0.690. The van der Waals surface area contributed by atoms with Crippen LogP contribution in [-0.4, -0.2) is 13.1 Å². The molecule has 1 aliphatic rings. The van der Waals surface area contributed by atoms with Gasteiger partial charge in [-0.3, -0.25) is 0 Å². The van der Waals surface area contributed by atoms with Crippen molar-refractivity contribution in [3.05, 3.63) is 29.3 Å². The number of aryl methyl sites for hydroxylation is 1. The van der Waals surface area contributed by atoms with Crippen molar-refractivity contribution in [2.24, 2.45) is 5.92 Å². The Labute approximate surface area is 123 Å². The van der Waals surface area contributed by atoms with E-state index in [-0.39, 0.29) is 0 Å². The minimum absolute atomic E-state index is 0.603. The average molecular weight is 280 g/mol. The molecule has 0 radical (unpaired) electrons. The smallest absolute Gasteiger partial charge is 0.0494 e. The summed E-state index contributed by atoms with van der Waals surface area (Å²) in [7, 11) is 2.23. The van der Waals surface area contributed by atoms with Gasteiger partial charge in [0.05, 0.1) is 0 Å². The van der Waals surface area contributed by atoms with Crippen LogP contribution in [0.4, 0.5) is 5.69 Å². The van der Waals surface area contributed by atoms with Gasteiger partial charge in [0.2, 0.25) is 0 Å². The summed E-state index contributed by atoms with van der Waals surface area (Å²) >= 11 is 6.11. The van der Waals surface area contributed by atoms with Crippen LogP contribution < -0.4 is 4.90 Å². The van der Waals surface area contributed by atoms with Crippen molar-refractivity contribution in [2.45, 2.75) is 57.9 Å². The number of halogens is 1. The second-order valence-electron chi connectivity index (χ2n) is 5.96. The van der Waals surface area contributed by atoms with Gasteiger partial charge in [-0.25, -0.2) is 0 Å². The maximum atomic E-state index is 6.11. The predicted octanol–water partition coefficient (Wildman–Crippen LogP) is 5.14. The third-order valence-electron chi connectivity index (χ3n) is 4.70. The van der Waals surface area contributed by atoms with Gasteiger partial charge in [-0.2, -0.15) is 0 Å². The zero-order valence-corrected chi connectivity index (χ0v) is 13.2. The molecular formula is C17H26ClN. The Kier molecular flexibility index (Phi) is 5.15. The molecule has 19 heavy (non-hydrogen) atoms. The van der Waals surface area contributed by atoms with Crippen LogP contribution in [0.25, 0.3) is 0 Å². The third-order valence-corrected chi connectivity index (χ3v) is 4.99. The number of benzene rings is 1. The molecule has 0 atom stereocenters. The summed E-state index contributed by atoms with van der Waals surface area (Å²) in [6.07, 6.45) is 6.75. The molecule has 0 aliphatic heterocycles. The highest BCUT2D eigenvalue weighted by Gasteiger charge is 2.24. The van der Waals surface area contributed by atoms with Crippen LogP contribution in [0.3, 0.4) is 0 Å². The fourth-order valence-electron chi connectivity index (χ4n) is 3.30. The highest BCUT2D eigenvalue weighted by atomic mass is 35.5. The Morgan fingerprint density at radius 1 is 1.21 bits per heavy atom. The Balaban J connectivity index is 2.09. The summed E-state index contributed by atoms with van der Waals surface area (Å²) < 4.78 is 0. The van der Waals surface area contributed by atoms with Crippen molar-refractivity contribution in [1.29, 1.82) is 0 Å². The van der Waals surface area contributed by atoms with Crippen LogP contribution in [0.1, 0.15) is 50.2 Å². The highest BCUT2D eigenvalue weighted by Crippen LogP contribution is 2.33. The molecule has 0 unspecified atom stereocenters. The second kappa shape index (κ2) is 6.65. The first-order chi connectivity index (χ1) is 9.15. The molecular weight excluding hydrogens is 254 g/mol. The van der Waals surface area contributed by atoms with Crippen molar-refractivity contribution < 1.29 is 0 Å². The molecule has 1 saturated carbocycles. The Morgan fingerprint density at radius 3 is 2.47 bits per heavy atom. The molecule has 106 valence electrons. The molecule has 0 saturated heterocycles. The zero-order valence-electron chi connectivity index (χ0n) is 12.5. The van der Waals surface area contributed by atoms with E-state index in [2.05, 4.69) is 44.0 Å². The molecule has 0 amide bonds. The highest BCUT2D eigenvalue weighted by molar-refractivity contribution is 6.17. The molecule has 1 aromatic carbocycles. The van der Waals surface area contributed by atoms with Gasteiger partial charge in [0.1, 0.15) is 0 Å². The number of hydrogen-bond acceptors (Lipinski definition) is 1. The topological polar surface area (TPSA) is 3.24 Å². The first-order valence-corrected chi connectivity index (χ1v) is 8.07. The number of anilines is 1. The maximum absolute atomic E-state index is 6.11. The lowest BCUT2D eigenvalue weighted by Gasteiger charge is -2.36. The molecule has 0 N–H and O–H groups in total. The number of nitrogens with zero attached hydrogens (tertiary/aromatic N) is 1. The van der Waals surface area contributed by atoms with E-state index >= 15 is 0 Å². The minimum atomic E-state index is 0.603. The largest absolute Gasteiger partial charge is 0.371 e. The van der Waals surface area contributed by atoms with Crippen molar-refractivity contribution in [1.82, 2.24) is 0 Å². The number of hydrogen-bond donors (Lipinski definition) is 0. The van der Waals surface area contributed by atoms with Gasteiger partial charge in [-0.1, -0.05) is 31.0 Å². The molecule has 2 rings (SSSR count). The molecule has 0 aromatic heterocycles. The molecule has 1 fully saturated rings. The lowest BCUT2D eigenvalue weighted by atomic mass is 9.84. The van der Waals surface area contributed by atoms with Gasteiger partial charge >= 0.3 is 0 Å². The monoisotopic (exact) mass is 279 g/mol. The van der Waals surface area contributed by atoms with Crippen molar-refractivity contribution >= 4 is 17.3 Å². The fraction of sp³-hybridized carbons (Fsp3) is 0.647. The van der Waals surface area contributed by atoms with E-state index in [9.17, 15) is 0 Å². The van der Waals surface area contributed by atoms with E-state index in [0.717, 1.165) is 5.92 Å². The zero-order chi connectivity index (χ0) is 13.8. The Morgan fingerprint density at radius 2 is 1.89 bits per heavy atom. The van der Waals surface area contributed by atoms with Crippen LogP contribution in [0, 0.1) is 12.8 Å². The summed E-state index contributed by atoms with van der Waals surface area (Å²) in [6.45, 7) is 4.45. The molecule has 1 nitrogen and oxygen atoms in total. The van der Waals surface area contributed by atoms with Gasteiger partial charge < -0.3 is 4.90 Å². The first kappa shape index (κ1) is 14.7. The first-order valence-electron chi connectivity index (χ1n) is 7.54. The molecule has 0 spiro atoms. The predicted molar refractivity (Wildman–Crippen MR) is 85.2 cm³/mol.